The molecule has 20 heavy (non-hydrogen) atoms. The Labute approximate surface area is 124 Å². The van der Waals surface area contributed by atoms with Crippen molar-refractivity contribution in [3.8, 4) is 5.75 Å². The number of rotatable bonds is 5. The molecule has 1 aliphatic carbocycles. The van der Waals surface area contributed by atoms with E-state index in [4.69, 9.17) is 4.74 Å². The van der Waals surface area contributed by atoms with Crippen LogP contribution in [0.2, 0.25) is 0 Å². The van der Waals surface area contributed by atoms with Crippen LogP contribution in [0.1, 0.15) is 40.3 Å². The predicted molar refractivity (Wildman–Crippen MR) is 84.6 cm³/mol. The Morgan fingerprint density at radius 3 is 2.85 bits per heavy atom. The van der Waals surface area contributed by atoms with Gasteiger partial charge in [0, 0.05) is 15.8 Å². The first-order valence-electron chi connectivity index (χ1n) is 7.30. The molecular weight excluding hydrogens is 266 g/mol. The van der Waals surface area contributed by atoms with Crippen LogP contribution in [0.25, 0.3) is 0 Å². The lowest BCUT2D eigenvalue weighted by Crippen LogP contribution is -2.12. The van der Waals surface area contributed by atoms with Gasteiger partial charge in [-0.05, 0) is 61.7 Å². The molecule has 1 heterocycles. The fourth-order valence-electron chi connectivity index (χ4n) is 2.83. The molecular formula is C17H21NOS. The van der Waals surface area contributed by atoms with Gasteiger partial charge in [-0.1, -0.05) is 13.0 Å². The zero-order valence-electron chi connectivity index (χ0n) is 12.1. The van der Waals surface area contributed by atoms with Crippen molar-refractivity contribution in [2.24, 2.45) is 0 Å². The summed E-state index contributed by atoms with van der Waals surface area (Å²) in [4.78, 5) is 2.73. The van der Waals surface area contributed by atoms with Crippen molar-refractivity contribution in [1.29, 1.82) is 0 Å². The third kappa shape index (κ3) is 2.74. The Morgan fingerprint density at radius 2 is 2.10 bits per heavy atom. The molecule has 0 aliphatic heterocycles. The van der Waals surface area contributed by atoms with Crippen LogP contribution in [0, 0.1) is 0 Å². The lowest BCUT2D eigenvalue weighted by molar-refractivity contribution is 0.309. The standard InChI is InChI=1S/C17H21NOS/c1-3-14-6-7-15(20-14)11-19-13-5-8-16-12(10-13)4-9-17(16)18-2/h5-8,10,17-18H,3-4,9,11H2,1-2H3. The summed E-state index contributed by atoms with van der Waals surface area (Å²) in [6.45, 7) is 2.87. The van der Waals surface area contributed by atoms with E-state index in [0.717, 1.165) is 18.6 Å². The van der Waals surface area contributed by atoms with E-state index >= 15 is 0 Å². The van der Waals surface area contributed by atoms with Gasteiger partial charge in [0.05, 0.1) is 0 Å². The fourth-order valence-corrected chi connectivity index (χ4v) is 3.70. The van der Waals surface area contributed by atoms with Crippen molar-refractivity contribution in [3.05, 3.63) is 51.2 Å². The lowest BCUT2D eigenvalue weighted by atomic mass is 10.1. The van der Waals surface area contributed by atoms with E-state index in [2.05, 4.69) is 42.6 Å². The van der Waals surface area contributed by atoms with Crippen LogP contribution in [-0.4, -0.2) is 7.05 Å². The Kier molecular flexibility index (Phi) is 4.08. The maximum absolute atomic E-state index is 5.93. The van der Waals surface area contributed by atoms with Gasteiger partial charge in [-0.3, -0.25) is 0 Å². The number of nitrogens with one attached hydrogen (secondary N) is 1. The van der Waals surface area contributed by atoms with Crippen molar-refractivity contribution in [2.45, 2.75) is 38.8 Å². The summed E-state index contributed by atoms with van der Waals surface area (Å²) in [5, 5.41) is 3.37. The highest BCUT2D eigenvalue weighted by Gasteiger charge is 2.21. The Balaban J connectivity index is 1.67. The maximum Gasteiger partial charge on any atom is 0.122 e. The molecule has 1 N–H and O–H groups in total. The average molecular weight is 287 g/mol. The molecule has 0 saturated carbocycles. The first kappa shape index (κ1) is 13.7. The van der Waals surface area contributed by atoms with E-state index < -0.39 is 0 Å². The van der Waals surface area contributed by atoms with Gasteiger partial charge >= 0.3 is 0 Å². The first-order chi connectivity index (χ1) is 9.80. The molecule has 3 rings (SSSR count). The Morgan fingerprint density at radius 1 is 1.25 bits per heavy atom. The van der Waals surface area contributed by atoms with E-state index in [-0.39, 0.29) is 0 Å². The third-order valence-corrected chi connectivity index (χ3v) is 5.19. The summed E-state index contributed by atoms with van der Waals surface area (Å²) in [6.07, 6.45) is 3.45. The molecule has 3 heteroatoms. The molecule has 2 nitrogen and oxygen atoms in total. The summed E-state index contributed by atoms with van der Waals surface area (Å²) in [7, 11) is 2.03. The molecule has 1 atom stereocenters. The van der Waals surface area contributed by atoms with Crippen LogP contribution in [0.5, 0.6) is 5.75 Å². The van der Waals surface area contributed by atoms with Gasteiger partial charge in [0.1, 0.15) is 12.4 Å². The molecule has 0 saturated heterocycles. The second-order valence-electron chi connectivity index (χ2n) is 5.25. The predicted octanol–water partition coefficient (Wildman–Crippen LogP) is 4.10. The van der Waals surface area contributed by atoms with Crippen molar-refractivity contribution >= 4 is 11.3 Å². The fraction of sp³-hybridized carbons (Fsp3) is 0.412. The Hall–Kier alpha value is -1.32. The van der Waals surface area contributed by atoms with E-state index in [1.54, 1.807) is 0 Å². The normalized spacial score (nSPS) is 17.2. The summed E-state index contributed by atoms with van der Waals surface area (Å²) in [6, 6.07) is 11.4. The molecule has 2 aromatic rings. The number of hydrogen-bond acceptors (Lipinski definition) is 3. The van der Waals surface area contributed by atoms with Gasteiger partial charge in [0.15, 0.2) is 0 Å². The highest BCUT2D eigenvalue weighted by molar-refractivity contribution is 7.11. The topological polar surface area (TPSA) is 21.3 Å². The molecule has 0 spiro atoms. The highest BCUT2D eigenvalue weighted by atomic mass is 32.1. The van der Waals surface area contributed by atoms with Crippen LogP contribution >= 0.6 is 11.3 Å². The number of aryl methyl sites for hydroxylation is 2. The number of benzene rings is 1. The van der Waals surface area contributed by atoms with E-state index in [1.165, 1.54) is 27.3 Å². The van der Waals surface area contributed by atoms with Gasteiger partial charge in [-0.2, -0.15) is 0 Å². The molecule has 0 radical (unpaired) electrons. The minimum absolute atomic E-state index is 0.517. The number of thiophene rings is 1. The molecule has 1 unspecified atom stereocenters. The summed E-state index contributed by atoms with van der Waals surface area (Å²) in [5.74, 6) is 0.993. The Bertz CT molecular complexity index is 590. The second-order valence-corrected chi connectivity index (χ2v) is 6.50. The molecule has 0 fully saturated rings. The summed E-state index contributed by atoms with van der Waals surface area (Å²) < 4.78 is 5.93. The lowest BCUT2D eigenvalue weighted by Gasteiger charge is -2.11. The van der Waals surface area contributed by atoms with E-state index in [1.807, 2.05) is 18.4 Å². The van der Waals surface area contributed by atoms with Gasteiger partial charge in [0.2, 0.25) is 0 Å². The average Bonchev–Trinajstić information content (AvgIpc) is 3.10. The van der Waals surface area contributed by atoms with Crippen molar-refractivity contribution in [2.75, 3.05) is 7.05 Å². The van der Waals surface area contributed by atoms with Crippen LogP contribution < -0.4 is 10.1 Å². The van der Waals surface area contributed by atoms with E-state index in [0.29, 0.717) is 12.6 Å². The zero-order chi connectivity index (χ0) is 13.9. The van der Waals surface area contributed by atoms with Crippen molar-refractivity contribution in [1.82, 2.24) is 5.32 Å². The van der Waals surface area contributed by atoms with Crippen molar-refractivity contribution < 1.29 is 4.74 Å². The molecule has 0 bridgehead atoms. The minimum Gasteiger partial charge on any atom is -0.488 e. The van der Waals surface area contributed by atoms with Crippen LogP contribution in [0.4, 0.5) is 0 Å². The van der Waals surface area contributed by atoms with Crippen LogP contribution in [0.3, 0.4) is 0 Å². The number of ether oxygens (including phenoxy) is 1. The van der Waals surface area contributed by atoms with Crippen LogP contribution in [0.15, 0.2) is 30.3 Å². The molecule has 1 aromatic carbocycles. The van der Waals surface area contributed by atoms with E-state index in [9.17, 15) is 0 Å². The summed E-state index contributed by atoms with van der Waals surface area (Å²) >= 11 is 1.85. The van der Waals surface area contributed by atoms with Crippen LogP contribution in [-0.2, 0) is 19.4 Å². The number of hydrogen-bond donors (Lipinski definition) is 1. The number of fused-ring (bicyclic) bond motifs is 1. The molecule has 1 aliphatic rings. The molecule has 1 aromatic heterocycles. The van der Waals surface area contributed by atoms with Crippen molar-refractivity contribution in [3.63, 3.8) is 0 Å². The summed E-state index contributed by atoms with van der Waals surface area (Å²) in [5.41, 5.74) is 2.87. The van der Waals surface area contributed by atoms with Gasteiger partial charge in [0.25, 0.3) is 0 Å². The SMILES string of the molecule is CCc1ccc(COc2ccc3c(c2)CCC3NC)s1. The monoisotopic (exact) mass is 287 g/mol. The van der Waals surface area contributed by atoms with Gasteiger partial charge in [-0.25, -0.2) is 0 Å². The maximum atomic E-state index is 5.93. The first-order valence-corrected chi connectivity index (χ1v) is 8.12. The largest absolute Gasteiger partial charge is 0.488 e. The smallest absolute Gasteiger partial charge is 0.122 e. The molecule has 0 amide bonds. The third-order valence-electron chi connectivity index (χ3n) is 3.99. The molecule has 106 valence electrons. The zero-order valence-corrected chi connectivity index (χ0v) is 12.9. The quantitative estimate of drug-likeness (QED) is 0.894. The minimum atomic E-state index is 0.517. The van der Waals surface area contributed by atoms with Gasteiger partial charge < -0.3 is 10.1 Å². The highest BCUT2D eigenvalue weighted by Crippen LogP contribution is 2.33. The second kappa shape index (κ2) is 5.98. The van der Waals surface area contributed by atoms with Gasteiger partial charge in [-0.15, -0.1) is 11.3 Å².